The number of methoxy groups -OCH3 is 1. The van der Waals surface area contributed by atoms with Crippen molar-refractivity contribution in [1.82, 2.24) is 5.32 Å². The number of rotatable bonds is 2. The molecule has 1 aromatic carbocycles. The van der Waals surface area contributed by atoms with E-state index in [9.17, 15) is 9.59 Å². The van der Waals surface area contributed by atoms with Crippen LogP contribution < -0.4 is 10.1 Å². The summed E-state index contributed by atoms with van der Waals surface area (Å²) in [7, 11) is 1.60. The van der Waals surface area contributed by atoms with Crippen LogP contribution in [-0.2, 0) is 4.79 Å². The Morgan fingerprint density at radius 3 is 2.35 bits per heavy atom. The van der Waals surface area contributed by atoms with Gasteiger partial charge in [0.1, 0.15) is 5.75 Å². The number of thioether (sulfide) groups is 1. The summed E-state index contributed by atoms with van der Waals surface area (Å²) >= 11 is 0.935. The number of carbonyl (C=O) groups excluding carboxylic acids is 2. The Hall–Kier alpha value is -1.75. The maximum atomic E-state index is 11.5. The largest absolute Gasteiger partial charge is 0.497 e. The minimum atomic E-state index is -0.326. The third-order valence-corrected chi connectivity index (χ3v) is 3.46. The molecule has 1 aliphatic rings. The van der Waals surface area contributed by atoms with Crippen LogP contribution in [0.4, 0.5) is 4.79 Å². The van der Waals surface area contributed by atoms with Crippen LogP contribution in [-0.4, -0.2) is 18.3 Å². The zero-order valence-electron chi connectivity index (χ0n) is 9.44. The monoisotopic (exact) mass is 249 g/mol. The standard InChI is InChI=1S/C12H11NO3S/c1-7(10-11(14)13-12(15)17-10)8-3-5-9(16-2)6-4-8/h3-6H,1-2H3,(H,13,14,15). The topological polar surface area (TPSA) is 55.4 Å². The fraction of sp³-hybridized carbons (Fsp3) is 0.167. The first kappa shape index (κ1) is 11.7. The maximum Gasteiger partial charge on any atom is 0.290 e. The van der Waals surface area contributed by atoms with Crippen LogP contribution in [0.2, 0.25) is 0 Å². The molecule has 0 spiro atoms. The van der Waals surface area contributed by atoms with E-state index in [0.29, 0.717) is 4.91 Å². The van der Waals surface area contributed by atoms with Gasteiger partial charge in [0, 0.05) is 0 Å². The molecule has 1 fully saturated rings. The second kappa shape index (κ2) is 4.63. The summed E-state index contributed by atoms with van der Waals surface area (Å²) in [6.45, 7) is 1.82. The molecule has 0 aromatic heterocycles. The predicted molar refractivity (Wildman–Crippen MR) is 66.7 cm³/mol. The van der Waals surface area contributed by atoms with E-state index in [-0.39, 0.29) is 11.1 Å². The van der Waals surface area contributed by atoms with Gasteiger partial charge >= 0.3 is 0 Å². The third-order valence-electron chi connectivity index (χ3n) is 2.48. The van der Waals surface area contributed by atoms with Gasteiger partial charge in [-0.25, -0.2) is 0 Å². The highest BCUT2D eigenvalue weighted by Gasteiger charge is 2.27. The molecule has 2 amide bonds. The van der Waals surface area contributed by atoms with Crippen LogP contribution in [0.1, 0.15) is 12.5 Å². The second-order valence-corrected chi connectivity index (χ2v) is 4.51. The zero-order valence-corrected chi connectivity index (χ0v) is 10.3. The van der Waals surface area contributed by atoms with Gasteiger partial charge in [0.15, 0.2) is 0 Å². The molecule has 5 heteroatoms. The molecule has 1 N–H and O–H groups in total. The van der Waals surface area contributed by atoms with E-state index < -0.39 is 0 Å². The Bertz CT molecular complexity index is 505. The number of carbonyl (C=O) groups is 2. The smallest absolute Gasteiger partial charge is 0.290 e. The van der Waals surface area contributed by atoms with Gasteiger partial charge in [-0.2, -0.15) is 0 Å². The van der Waals surface area contributed by atoms with Crippen molar-refractivity contribution in [2.45, 2.75) is 6.92 Å². The molecule has 0 radical (unpaired) electrons. The van der Waals surface area contributed by atoms with Crippen molar-refractivity contribution in [3.63, 3.8) is 0 Å². The van der Waals surface area contributed by atoms with Crippen molar-refractivity contribution in [2.75, 3.05) is 7.11 Å². The molecule has 88 valence electrons. The van der Waals surface area contributed by atoms with Crippen LogP contribution in [0.25, 0.3) is 5.57 Å². The second-order valence-electron chi connectivity index (χ2n) is 3.53. The third kappa shape index (κ3) is 2.34. The molecule has 2 rings (SSSR count). The lowest BCUT2D eigenvalue weighted by atomic mass is 10.1. The molecule has 17 heavy (non-hydrogen) atoms. The van der Waals surface area contributed by atoms with E-state index >= 15 is 0 Å². The number of benzene rings is 1. The fourth-order valence-corrected chi connectivity index (χ4v) is 2.28. The molecule has 4 nitrogen and oxygen atoms in total. The summed E-state index contributed by atoms with van der Waals surface area (Å²) in [6.07, 6.45) is 0. The van der Waals surface area contributed by atoms with Crippen LogP contribution in [0.15, 0.2) is 29.2 Å². The summed E-state index contributed by atoms with van der Waals surface area (Å²) in [6, 6.07) is 7.35. The highest BCUT2D eigenvalue weighted by atomic mass is 32.2. The molecular weight excluding hydrogens is 238 g/mol. The molecule has 1 aromatic rings. The summed E-state index contributed by atoms with van der Waals surface area (Å²) in [5, 5.41) is 1.92. The fourth-order valence-electron chi connectivity index (χ4n) is 1.53. The van der Waals surface area contributed by atoms with E-state index in [1.807, 2.05) is 31.2 Å². The summed E-state index contributed by atoms with van der Waals surface area (Å²) in [4.78, 5) is 23.0. The average molecular weight is 249 g/mol. The Morgan fingerprint density at radius 1 is 1.24 bits per heavy atom. The lowest BCUT2D eigenvalue weighted by Gasteiger charge is -2.05. The van der Waals surface area contributed by atoms with Crippen molar-refractivity contribution in [2.24, 2.45) is 0 Å². The highest BCUT2D eigenvalue weighted by Crippen LogP contribution is 2.31. The highest BCUT2D eigenvalue weighted by molar-refractivity contribution is 8.18. The first-order chi connectivity index (χ1) is 8.11. The first-order valence-corrected chi connectivity index (χ1v) is 5.82. The SMILES string of the molecule is COc1ccc(C(C)=C2SC(=O)NC2=O)cc1. The van der Waals surface area contributed by atoms with E-state index in [4.69, 9.17) is 4.74 Å². The van der Waals surface area contributed by atoms with Crippen LogP contribution >= 0.6 is 11.8 Å². The number of imide groups is 1. The van der Waals surface area contributed by atoms with E-state index in [1.165, 1.54) is 0 Å². The molecular formula is C12H11NO3S. The van der Waals surface area contributed by atoms with Crippen molar-refractivity contribution in [1.29, 1.82) is 0 Å². The first-order valence-electron chi connectivity index (χ1n) is 5.00. The quantitative estimate of drug-likeness (QED) is 0.818. The predicted octanol–water partition coefficient (Wildman–Crippen LogP) is 2.41. The molecule has 1 aliphatic heterocycles. The van der Waals surface area contributed by atoms with Gasteiger partial charge < -0.3 is 4.74 Å². The van der Waals surface area contributed by atoms with Crippen LogP contribution in [0.5, 0.6) is 5.75 Å². The Morgan fingerprint density at radius 2 is 1.88 bits per heavy atom. The number of amides is 2. The molecule has 1 saturated heterocycles. The number of allylic oxidation sites excluding steroid dienone is 1. The average Bonchev–Trinajstić information content (AvgIpc) is 2.68. The van der Waals surface area contributed by atoms with Gasteiger partial charge in [-0.1, -0.05) is 12.1 Å². The molecule has 0 saturated carbocycles. The zero-order chi connectivity index (χ0) is 12.4. The molecule has 0 unspecified atom stereocenters. The summed E-state index contributed by atoms with van der Waals surface area (Å²) < 4.78 is 5.06. The number of hydrogen-bond donors (Lipinski definition) is 1. The lowest BCUT2D eigenvalue weighted by Crippen LogP contribution is -2.18. The van der Waals surface area contributed by atoms with Gasteiger partial charge in [0.2, 0.25) is 0 Å². The van der Waals surface area contributed by atoms with Crippen molar-refractivity contribution in [3.05, 3.63) is 34.7 Å². The molecule has 0 bridgehead atoms. The van der Waals surface area contributed by atoms with E-state index in [0.717, 1.165) is 28.6 Å². The molecule has 0 aliphatic carbocycles. The van der Waals surface area contributed by atoms with Crippen molar-refractivity contribution < 1.29 is 14.3 Å². The van der Waals surface area contributed by atoms with Crippen molar-refractivity contribution >= 4 is 28.5 Å². The Labute approximate surface area is 103 Å². The molecule has 0 atom stereocenters. The van der Waals surface area contributed by atoms with Gasteiger partial charge in [0.25, 0.3) is 11.1 Å². The number of ether oxygens (including phenoxy) is 1. The maximum absolute atomic E-state index is 11.5. The van der Waals surface area contributed by atoms with Gasteiger partial charge in [-0.15, -0.1) is 0 Å². The normalized spacial score (nSPS) is 18.0. The van der Waals surface area contributed by atoms with Gasteiger partial charge in [0.05, 0.1) is 12.0 Å². The lowest BCUT2D eigenvalue weighted by molar-refractivity contribution is -0.115. The van der Waals surface area contributed by atoms with Gasteiger partial charge in [-0.3, -0.25) is 14.9 Å². The van der Waals surface area contributed by atoms with E-state index in [1.54, 1.807) is 7.11 Å². The summed E-state index contributed by atoms with van der Waals surface area (Å²) in [5.41, 5.74) is 1.69. The minimum Gasteiger partial charge on any atom is -0.497 e. The van der Waals surface area contributed by atoms with Crippen LogP contribution in [0, 0.1) is 0 Å². The summed E-state index contributed by atoms with van der Waals surface area (Å²) in [5.74, 6) is 0.430. The Kier molecular flexibility index (Phi) is 3.19. The van der Waals surface area contributed by atoms with E-state index in [2.05, 4.69) is 5.32 Å². The van der Waals surface area contributed by atoms with Gasteiger partial charge in [-0.05, 0) is 42.0 Å². The Balaban J connectivity index is 2.35. The number of nitrogens with one attached hydrogen (secondary N) is 1. The molecule has 1 heterocycles. The van der Waals surface area contributed by atoms with Crippen molar-refractivity contribution in [3.8, 4) is 5.75 Å². The number of hydrogen-bond acceptors (Lipinski definition) is 4. The minimum absolute atomic E-state index is 0.321. The van der Waals surface area contributed by atoms with Crippen LogP contribution in [0.3, 0.4) is 0 Å².